The van der Waals surface area contributed by atoms with Gasteiger partial charge in [-0.05, 0) is 46.0 Å². The highest BCUT2D eigenvalue weighted by Gasteiger charge is 2.29. The molecular formula is C30H28Cl2N2O2. The summed E-state index contributed by atoms with van der Waals surface area (Å²) < 4.78 is 0. The molecule has 0 aliphatic carbocycles. The summed E-state index contributed by atoms with van der Waals surface area (Å²) in [6, 6.07) is 28.6. The maximum Gasteiger partial charge on any atom is 0.242 e. The molecule has 0 radical (unpaired) electrons. The first-order chi connectivity index (χ1) is 17.5. The molecule has 2 amide bonds. The number of hydrogen-bond acceptors (Lipinski definition) is 2. The highest BCUT2D eigenvalue weighted by atomic mass is 35.5. The first-order valence-electron chi connectivity index (χ1n) is 11.9. The van der Waals surface area contributed by atoms with Crippen LogP contribution < -0.4 is 5.32 Å². The zero-order chi connectivity index (χ0) is 25.5. The minimum absolute atomic E-state index is 0.0986. The Labute approximate surface area is 221 Å². The number of aryl methyl sites for hydroxylation is 1. The number of hydrogen-bond donors (Lipinski definition) is 1. The Bertz CT molecular complexity index is 1350. The zero-order valence-electron chi connectivity index (χ0n) is 20.1. The third-order valence-electron chi connectivity index (χ3n) is 6.34. The van der Waals surface area contributed by atoms with Crippen molar-refractivity contribution >= 4 is 45.8 Å². The smallest absolute Gasteiger partial charge is 0.242 e. The summed E-state index contributed by atoms with van der Waals surface area (Å²) in [6.07, 6.45) is 1.25. The molecule has 4 rings (SSSR count). The predicted molar refractivity (Wildman–Crippen MR) is 147 cm³/mol. The van der Waals surface area contributed by atoms with Gasteiger partial charge < -0.3 is 10.2 Å². The summed E-state index contributed by atoms with van der Waals surface area (Å²) in [7, 11) is 1.60. The lowest BCUT2D eigenvalue weighted by Gasteiger charge is -2.31. The maximum absolute atomic E-state index is 13.7. The van der Waals surface area contributed by atoms with Crippen LogP contribution in [0.3, 0.4) is 0 Å². The molecule has 4 aromatic rings. The molecule has 4 aromatic carbocycles. The van der Waals surface area contributed by atoms with Crippen molar-refractivity contribution in [1.29, 1.82) is 0 Å². The van der Waals surface area contributed by atoms with Crippen molar-refractivity contribution in [2.45, 2.75) is 31.8 Å². The molecule has 184 valence electrons. The van der Waals surface area contributed by atoms with Crippen LogP contribution in [0.5, 0.6) is 0 Å². The van der Waals surface area contributed by atoms with Crippen molar-refractivity contribution in [3.8, 4) is 0 Å². The second-order valence-electron chi connectivity index (χ2n) is 8.73. The first-order valence-corrected chi connectivity index (χ1v) is 12.7. The molecule has 0 aliphatic rings. The fourth-order valence-electron chi connectivity index (χ4n) is 4.45. The van der Waals surface area contributed by atoms with Crippen LogP contribution in [0.1, 0.15) is 23.1 Å². The number of rotatable bonds is 9. The van der Waals surface area contributed by atoms with Gasteiger partial charge in [0.1, 0.15) is 6.04 Å². The topological polar surface area (TPSA) is 49.4 Å². The molecule has 0 fully saturated rings. The molecule has 0 heterocycles. The molecule has 36 heavy (non-hydrogen) atoms. The minimum Gasteiger partial charge on any atom is -0.357 e. The van der Waals surface area contributed by atoms with E-state index in [4.69, 9.17) is 23.2 Å². The Hall–Kier alpha value is -3.34. The van der Waals surface area contributed by atoms with Crippen molar-refractivity contribution in [1.82, 2.24) is 10.2 Å². The van der Waals surface area contributed by atoms with Gasteiger partial charge in [0.25, 0.3) is 0 Å². The Balaban J connectivity index is 1.63. The molecule has 0 bridgehead atoms. The summed E-state index contributed by atoms with van der Waals surface area (Å²) >= 11 is 12.4. The number of amides is 2. The predicted octanol–water partition coefficient (Wildman–Crippen LogP) is 6.47. The van der Waals surface area contributed by atoms with Crippen LogP contribution in [-0.4, -0.2) is 29.8 Å². The normalized spacial score (nSPS) is 11.8. The van der Waals surface area contributed by atoms with Crippen LogP contribution in [0.25, 0.3) is 10.8 Å². The Morgan fingerprint density at radius 1 is 0.833 bits per heavy atom. The van der Waals surface area contributed by atoms with Crippen molar-refractivity contribution in [2.75, 3.05) is 7.05 Å². The van der Waals surface area contributed by atoms with Gasteiger partial charge in [0, 0.05) is 26.4 Å². The molecule has 1 atom stereocenters. The van der Waals surface area contributed by atoms with E-state index in [9.17, 15) is 9.59 Å². The number of carbonyl (C=O) groups excluding carboxylic acids is 2. The summed E-state index contributed by atoms with van der Waals surface area (Å²) in [5, 5.41) is 5.88. The number of likely N-dealkylation sites (N-methyl/N-ethyl adjacent to an activating group) is 1. The molecule has 0 unspecified atom stereocenters. The Morgan fingerprint density at radius 2 is 1.56 bits per heavy atom. The highest BCUT2D eigenvalue weighted by molar-refractivity contribution is 6.42. The third-order valence-corrected chi connectivity index (χ3v) is 7.08. The van der Waals surface area contributed by atoms with E-state index < -0.39 is 6.04 Å². The third kappa shape index (κ3) is 6.26. The molecule has 4 nitrogen and oxygen atoms in total. The molecule has 0 saturated carbocycles. The van der Waals surface area contributed by atoms with E-state index in [1.165, 1.54) is 0 Å². The highest BCUT2D eigenvalue weighted by Crippen LogP contribution is 2.25. The van der Waals surface area contributed by atoms with Gasteiger partial charge in [-0.1, -0.05) is 102 Å². The average molecular weight is 519 g/mol. The number of halogens is 2. The van der Waals surface area contributed by atoms with Gasteiger partial charge in [-0.25, -0.2) is 0 Å². The molecule has 6 heteroatoms. The zero-order valence-corrected chi connectivity index (χ0v) is 21.6. The molecule has 0 aromatic heterocycles. The van der Waals surface area contributed by atoms with Gasteiger partial charge in [-0.3, -0.25) is 9.59 Å². The maximum atomic E-state index is 13.7. The van der Waals surface area contributed by atoms with Crippen LogP contribution in [0.4, 0.5) is 0 Å². The van der Waals surface area contributed by atoms with Gasteiger partial charge in [0.2, 0.25) is 11.8 Å². The van der Waals surface area contributed by atoms with Gasteiger partial charge >= 0.3 is 0 Å². The van der Waals surface area contributed by atoms with Crippen molar-refractivity contribution < 1.29 is 9.59 Å². The summed E-state index contributed by atoms with van der Waals surface area (Å²) in [5.74, 6) is -0.309. The second-order valence-corrected chi connectivity index (χ2v) is 9.54. The summed E-state index contributed by atoms with van der Waals surface area (Å²) in [6.45, 7) is 0.246. The minimum atomic E-state index is -0.674. The Morgan fingerprint density at radius 3 is 2.31 bits per heavy atom. The molecule has 0 saturated heterocycles. The first kappa shape index (κ1) is 25.7. The van der Waals surface area contributed by atoms with E-state index in [1.54, 1.807) is 24.1 Å². The fraction of sp³-hybridized carbons (Fsp3) is 0.200. The van der Waals surface area contributed by atoms with E-state index in [0.29, 0.717) is 22.9 Å². The molecule has 1 N–H and O–H groups in total. The lowest BCUT2D eigenvalue weighted by atomic mass is 9.99. The number of nitrogens with one attached hydrogen (secondary N) is 1. The lowest BCUT2D eigenvalue weighted by Crippen LogP contribution is -2.49. The standard InChI is InChI=1S/C30H28Cl2N2O2/c1-33-30(36)28(19-21-8-3-2-4-9-21)34(20-22-14-16-26(31)27(32)18-22)29(35)17-15-24-12-7-11-23-10-5-6-13-25(23)24/h2-14,16,18,28H,15,17,19-20H2,1H3,(H,33,36)/t28-/m1/s1. The monoisotopic (exact) mass is 518 g/mol. The quantitative estimate of drug-likeness (QED) is 0.276. The lowest BCUT2D eigenvalue weighted by molar-refractivity contribution is -0.141. The van der Waals surface area contributed by atoms with Gasteiger partial charge in [-0.2, -0.15) is 0 Å². The van der Waals surface area contributed by atoms with E-state index in [-0.39, 0.29) is 24.8 Å². The van der Waals surface area contributed by atoms with Gasteiger partial charge in [0.05, 0.1) is 10.0 Å². The van der Waals surface area contributed by atoms with E-state index in [0.717, 1.165) is 27.5 Å². The summed E-state index contributed by atoms with van der Waals surface area (Å²) in [5.41, 5.74) is 2.90. The van der Waals surface area contributed by atoms with Crippen molar-refractivity contribution in [3.63, 3.8) is 0 Å². The average Bonchev–Trinajstić information content (AvgIpc) is 2.91. The number of benzene rings is 4. The van der Waals surface area contributed by atoms with E-state index in [2.05, 4.69) is 29.6 Å². The van der Waals surface area contributed by atoms with Crippen LogP contribution in [0.2, 0.25) is 10.0 Å². The molecule has 0 aliphatic heterocycles. The van der Waals surface area contributed by atoms with Crippen LogP contribution in [0.15, 0.2) is 91.0 Å². The number of carbonyl (C=O) groups is 2. The van der Waals surface area contributed by atoms with E-state index >= 15 is 0 Å². The molecule has 0 spiro atoms. The second kappa shape index (κ2) is 12.1. The van der Waals surface area contributed by atoms with Gasteiger partial charge in [0.15, 0.2) is 0 Å². The fourth-order valence-corrected chi connectivity index (χ4v) is 4.77. The van der Waals surface area contributed by atoms with E-state index in [1.807, 2.05) is 54.6 Å². The summed E-state index contributed by atoms with van der Waals surface area (Å²) in [4.78, 5) is 28.5. The number of nitrogens with zero attached hydrogens (tertiary/aromatic N) is 1. The van der Waals surface area contributed by atoms with Gasteiger partial charge in [-0.15, -0.1) is 0 Å². The van der Waals surface area contributed by atoms with Crippen LogP contribution in [-0.2, 0) is 29.0 Å². The van der Waals surface area contributed by atoms with Crippen molar-refractivity contribution in [2.24, 2.45) is 0 Å². The largest absolute Gasteiger partial charge is 0.357 e. The SMILES string of the molecule is CNC(=O)[C@@H](Cc1ccccc1)N(Cc1ccc(Cl)c(Cl)c1)C(=O)CCc1cccc2ccccc12. The van der Waals surface area contributed by atoms with Crippen LogP contribution in [0, 0.1) is 0 Å². The number of fused-ring (bicyclic) bond motifs is 1. The molecular weight excluding hydrogens is 491 g/mol. The Kier molecular flexibility index (Phi) is 8.63. The van der Waals surface area contributed by atoms with Crippen LogP contribution >= 0.6 is 23.2 Å². The van der Waals surface area contributed by atoms with Crippen molar-refractivity contribution in [3.05, 3.63) is 118 Å².